The summed E-state index contributed by atoms with van der Waals surface area (Å²) in [6, 6.07) is 39.8. The number of amides is 1. The third-order valence-corrected chi connectivity index (χ3v) is 6.93. The Morgan fingerprint density at radius 2 is 1.22 bits per heavy atom. The first-order valence-electron chi connectivity index (χ1n) is 11.8. The first-order chi connectivity index (χ1) is 17.7. The predicted molar refractivity (Wildman–Crippen MR) is 145 cm³/mol. The second kappa shape index (κ2) is 11.1. The topological polar surface area (TPSA) is 59.8 Å². The molecule has 36 heavy (non-hydrogen) atoms. The standard InChI is InChI=1S/C30H26N4OS/c1-22(29(35)31-27(23-14-6-2-7-15-23)24-16-8-3-9-17-24)36-30-33-32-28(25-18-10-4-11-19-25)34(30)26-20-12-5-13-21-26/h2-22,27H,1H3,(H,31,35). The summed E-state index contributed by atoms with van der Waals surface area (Å²) in [7, 11) is 0. The fraction of sp³-hybridized carbons (Fsp3) is 0.100. The van der Waals surface area contributed by atoms with Crippen molar-refractivity contribution in [2.75, 3.05) is 0 Å². The maximum absolute atomic E-state index is 13.4. The van der Waals surface area contributed by atoms with Gasteiger partial charge in [-0.15, -0.1) is 10.2 Å². The van der Waals surface area contributed by atoms with E-state index >= 15 is 0 Å². The minimum absolute atomic E-state index is 0.0680. The number of benzene rings is 4. The Bertz CT molecular complexity index is 1370. The Hall–Kier alpha value is -4.16. The molecule has 6 heteroatoms. The molecule has 0 fully saturated rings. The van der Waals surface area contributed by atoms with E-state index in [-0.39, 0.29) is 11.9 Å². The number of nitrogens with zero attached hydrogens (tertiary/aromatic N) is 3. The lowest BCUT2D eigenvalue weighted by Crippen LogP contribution is -2.35. The Labute approximate surface area is 215 Å². The quantitative estimate of drug-likeness (QED) is 0.259. The van der Waals surface area contributed by atoms with Crippen LogP contribution in [-0.2, 0) is 4.79 Å². The summed E-state index contributed by atoms with van der Waals surface area (Å²) in [5, 5.41) is 12.5. The molecular weight excluding hydrogens is 464 g/mol. The van der Waals surface area contributed by atoms with Crippen molar-refractivity contribution in [3.63, 3.8) is 0 Å². The number of hydrogen-bond acceptors (Lipinski definition) is 4. The molecule has 0 aliphatic rings. The van der Waals surface area contributed by atoms with Gasteiger partial charge in [0.15, 0.2) is 11.0 Å². The number of carbonyl (C=O) groups is 1. The smallest absolute Gasteiger partial charge is 0.234 e. The zero-order chi connectivity index (χ0) is 24.7. The van der Waals surface area contributed by atoms with Crippen molar-refractivity contribution in [2.24, 2.45) is 0 Å². The average Bonchev–Trinajstić information content (AvgIpc) is 3.37. The summed E-state index contributed by atoms with van der Waals surface area (Å²) < 4.78 is 2.01. The van der Waals surface area contributed by atoms with Crippen LogP contribution in [0.5, 0.6) is 0 Å². The summed E-state index contributed by atoms with van der Waals surface area (Å²) in [5.74, 6) is 0.671. The first kappa shape index (κ1) is 23.6. The van der Waals surface area contributed by atoms with E-state index < -0.39 is 5.25 Å². The monoisotopic (exact) mass is 490 g/mol. The van der Waals surface area contributed by atoms with Gasteiger partial charge in [-0.05, 0) is 30.2 Å². The molecule has 1 N–H and O–H groups in total. The second-order valence-electron chi connectivity index (χ2n) is 8.37. The molecule has 0 spiro atoms. The number of para-hydroxylation sites is 1. The van der Waals surface area contributed by atoms with E-state index in [0.717, 1.165) is 28.2 Å². The molecule has 1 atom stereocenters. The summed E-state index contributed by atoms with van der Waals surface area (Å²) in [6.45, 7) is 1.90. The lowest BCUT2D eigenvalue weighted by Gasteiger charge is -2.22. The van der Waals surface area contributed by atoms with Crippen molar-refractivity contribution in [3.05, 3.63) is 132 Å². The number of thioether (sulfide) groups is 1. The van der Waals surface area contributed by atoms with Crippen LogP contribution in [0.4, 0.5) is 0 Å². The fourth-order valence-corrected chi connectivity index (χ4v) is 4.93. The minimum Gasteiger partial charge on any atom is -0.344 e. The van der Waals surface area contributed by atoms with E-state index in [1.807, 2.05) is 133 Å². The van der Waals surface area contributed by atoms with Gasteiger partial charge >= 0.3 is 0 Å². The van der Waals surface area contributed by atoms with E-state index in [2.05, 4.69) is 15.5 Å². The van der Waals surface area contributed by atoms with Crippen LogP contribution in [0.15, 0.2) is 126 Å². The normalized spacial score (nSPS) is 11.8. The molecule has 1 unspecified atom stereocenters. The molecule has 0 saturated heterocycles. The van der Waals surface area contributed by atoms with Crippen LogP contribution in [0.3, 0.4) is 0 Å². The van der Waals surface area contributed by atoms with Crippen LogP contribution in [0.25, 0.3) is 17.1 Å². The van der Waals surface area contributed by atoms with Crippen LogP contribution < -0.4 is 5.32 Å². The van der Waals surface area contributed by atoms with E-state index in [1.165, 1.54) is 11.8 Å². The summed E-state index contributed by atoms with van der Waals surface area (Å²) >= 11 is 1.40. The average molecular weight is 491 g/mol. The number of aromatic nitrogens is 3. The molecule has 178 valence electrons. The van der Waals surface area contributed by atoms with Crippen molar-refractivity contribution in [1.82, 2.24) is 20.1 Å². The maximum atomic E-state index is 13.4. The molecule has 1 amide bonds. The number of rotatable bonds is 8. The third kappa shape index (κ3) is 5.24. The van der Waals surface area contributed by atoms with Crippen LogP contribution >= 0.6 is 11.8 Å². The van der Waals surface area contributed by atoms with E-state index in [9.17, 15) is 4.79 Å². The first-order valence-corrected chi connectivity index (χ1v) is 12.7. The van der Waals surface area contributed by atoms with Crippen molar-refractivity contribution < 1.29 is 4.79 Å². The predicted octanol–water partition coefficient (Wildman–Crippen LogP) is 6.32. The SMILES string of the molecule is CC(Sc1nnc(-c2ccccc2)n1-c1ccccc1)C(=O)NC(c1ccccc1)c1ccccc1. The summed E-state index contributed by atoms with van der Waals surface area (Å²) in [5.41, 5.74) is 3.98. The highest BCUT2D eigenvalue weighted by molar-refractivity contribution is 8.00. The molecule has 1 heterocycles. The molecule has 5 nitrogen and oxygen atoms in total. The highest BCUT2D eigenvalue weighted by Crippen LogP contribution is 2.31. The molecule has 5 rings (SSSR count). The van der Waals surface area contributed by atoms with Gasteiger partial charge in [-0.1, -0.05) is 121 Å². The maximum Gasteiger partial charge on any atom is 0.234 e. The molecule has 0 saturated carbocycles. The van der Waals surface area contributed by atoms with Crippen molar-refractivity contribution in [2.45, 2.75) is 23.4 Å². The van der Waals surface area contributed by atoms with E-state index in [1.54, 1.807) is 0 Å². The van der Waals surface area contributed by atoms with Crippen molar-refractivity contribution >= 4 is 17.7 Å². The molecule has 4 aromatic carbocycles. The minimum atomic E-state index is -0.393. The Kier molecular flexibility index (Phi) is 7.24. The van der Waals surface area contributed by atoms with Crippen LogP contribution in [0, 0.1) is 0 Å². The number of nitrogens with one attached hydrogen (secondary N) is 1. The van der Waals surface area contributed by atoms with Crippen LogP contribution in [0.2, 0.25) is 0 Å². The third-order valence-electron chi connectivity index (χ3n) is 5.88. The highest BCUT2D eigenvalue weighted by atomic mass is 32.2. The Morgan fingerprint density at radius 3 is 1.78 bits per heavy atom. The van der Waals surface area contributed by atoms with Gasteiger partial charge in [-0.3, -0.25) is 9.36 Å². The van der Waals surface area contributed by atoms with E-state index in [0.29, 0.717) is 5.16 Å². The van der Waals surface area contributed by atoms with Crippen molar-refractivity contribution in [3.8, 4) is 17.1 Å². The second-order valence-corrected chi connectivity index (χ2v) is 9.67. The molecule has 0 radical (unpaired) electrons. The largest absolute Gasteiger partial charge is 0.344 e. The van der Waals surface area contributed by atoms with Gasteiger partial charge in [-0.2, -0.15) is 0 Å². The molecule has 0 aliphatic carbocycles. The zero-order valence-electron chi connectivity index (χ0n) is 19.9. The zero-order valence-corrected chi connectivity index (χ0v) is 20.7. The molecule has 0 bridgehead atoms. The van der Waals surface area contributed by atoms with Crippen molar-refractivity contribution in [1.29, 1.82) is 0 Å². The number of hydrogen-bond donors (Lipinski definition) is 1. The van der Waals surface area contributed by atoms with Gasteiger partial charge in [0.05, 0.1) is 11.3 Å². The summed E-state index contributed by atoms with van der Waals surface area (Å²) in [4.78, 5) is 13.4. The number of carbonyl (C=O) groups excluding carboxylic acids is 1. The Morgan fingerprint density at radius 1 is 0.722 bits per heavy atom. The molecular formula is C30H26N4OS. The van der Waals surface area contributed by atoms with Crippen LogP contribution in [0.1, 0.15) is 24.1 Å². The molecule has 1 aromatic heterocycles. The highest BCUT2D eigenvalue weighted by Gasteiger charge is 2.24. The lowest BCUT2D eigenvalue weighted by molar-refractivity contribution is -0.120. The fourth-order valence-electron chi connectivity index (χ4n) is 4.05. The van der Waals surface area contributed by atoms with E-state index in [4.69, 9.17) is 0 Å². The Balaban J connectivity index is 1.42. The lowest BCUT2D eigenvalue weighted by atomic mass is 9.98. The van der Waals surface area contributed by atoms with Gasteiger partial charge in [-0.25, -0.2) is 0 Å². The van der Waals surface area contributed by atoms with Gasteiger partial charge in [0, 0.05) is 11.3 Å². The molecule has 5 aromatic rings. The summed E-state index contributed by atoms with van der Waals surface area (Å²) in [6.07, 6.45) is 0. The van der Waals surface area contributed by atoms with Gasteiger partial charge in [0.1, 0.15) is 0 Å². The molecule has 0 aliphatic heterocycles. The van der Waals surface area contributed by atoms with Gasteiger partial charge in [0.2, 0.25) is 5.91 Å². The van der Waals surface area contributed by atoms with Gasteiger partial charge < -0.3 is 5.32 Å². The van der Waals surface area contributed by atoms with Crippen LogP contribution in [-0.4, -0.2) is 25.9 Å². The van der Waals surface area contributed by atoms with Gasteiger partial charge in [0.25, 0.3) is 0 Å².